The zero-order chi connectivity index (χ0) is 23.9. The summed E-state index contributed by atoms with van der Waals surface area (Å²) in [5, 5.41) is 6.38. The second-order valence-electron chi connectivity index (χ2n) is 7.55. The first-order valence-electron chi connectivity index (χ1n) is 9.79. The standard InChI is InChI=1S/C21H18ClF3N6O2/c1-11-6-13(8-27-18(11)26)19(32)29-16-9-28-31-5-4-30(20(33)17(16)31)10-12-2-3-14(15(22)7-12)21(23,24)25/h2-3,6-9H,4-5,10H2,1H3,(H2,26,27)(H,29,32). The number of nitrogens with zero attached hydrogens (tertiary/aromatic N) is 4. The minimum absolute atomic E-state index is 0.0519. The molecule has 0 fully saturated rings. The van der Waals surface area contributed by atoms with Gasteiger partial charge in [0.1, 0.15) is 11.5 Å². The van der Waals surface area contributed by atoms with Crippen LogP contribution in [0.3, 0.4) is 0 Å². The van der Waals surface area contributed by atoms with Crippen molar-refractivity contribution in [2.45, 2.75) is 26.2 Å². The number of anilines is 2. The number of nitrogen functional groups attached to an aromatic ring is 1. The molecule has 8 nitrogen and oxygen atoms in total. The van der Waals surface area contributed by atoms with Gasteiger partial charge in [-0.2, -0.15) is 18.3 Å². The molecule has 172 valence electrons. The van der Waals surface area contributed by atoms with E-state index in [9.17, 15) is 22.8 Å². The molecular weight excluding hydrogens is 461 g/mol. The molecule has 12 heteroatoms. The third kappa shape index (κ3) is 4.49. The Balaban J connectivity index is 1.53. The Bertz CT molecular complexity index is 1260. The molecule has 4 rings (SSSR count). The summed E-state index contributed by atoms with van der Waals surface area (Å²) in [6.45, 7) is 2.42. The SMILES string of the molecule is Cc1cc(C(=O)Nc2cnn3c2C(=O)N(Cc2ccc(C(F)(F)F)c(Cl)c2)CC3)cnc1N. The van der Waals surface area contributed by atoms with E-state index >= 15 is 0 Å². The Morgan fingerprint density at radius 1 is 1.24 bits per heavy atom. The van der Waals surface area contributed by atoms with Crippen LogP contribution in [0.2, 0.25) is 5.02 Å². The number of halogens is 4. The molecule has 0 bridgehead atoms. The summed E-state index contributed by atoms with van der Waals surface area (Å²) < 4.78 is 40.3. The fourth-order valence-corrected chi connectivity index (χ4v) is 3.81. The fourth-order valence-electron chi connectivity index (χ4n) is 3.50. The highest BCUT2D eigenvalue weighted by Gasteiger charge is 2.34. The molecule has 0 saturated heterocycles. The van der Waals surface area contributed by atoms with Gasteiger partial charge in [-0.1, -0.05) is 17.7 Å². The molecule has 3 aromatic rings. The molecule has 1 aromatic carbocycles. The molecule has 0 atom stereocenters. The largest absolute Gasteiger partial charge is 0.417 e. The number of pyridine rings is 1. The number of fused-ring (bicyclic) bond motifs is 1. The molecule has 0 spiro atoms. The van der Waals surface area contributed by atoms with Gasteiger partial charge in [-0.25, -0.2) is 4.98 Å². The van der Waals surface area contributed by atoms with Crippen LogP contribution in [0.1, 0.15) is 37.5 Å². The van der Waals surface area contributed by atoms with Crippen molar-refractivity contribution in [3.8, 4) is 0 Å². The number of rotatable bonds is 4. The molecule has 3 heterocycles. The average molecular weight is 479 g/mol. The Morgan fingerprint density at radius 3 is 2.67 bits per heavy atom. The van der Waals surface area contributed by atoms with E-state index in [0.717, 1.165) is 6.07 Å². The van der Waals surface area contributed by atoms with Crippen LogP contribution in [0, 0.1) is 6.92 Å². The summed E-state index contributed by atoms with van der Waals surface area (Å²) in [5.74, 6) is -0.596. The molecule has 33 heavy (non-hydrogen) atoms. The molecule has 1 aliphatic heterocycles. The second-order valence-corrected chi connectivity index (χ2v) is 7.96. The van der Waals surface area contributed by atoms with E-state index in [4.69, 9.17) is 17.3 Å². The molecule has 0 radical (unpaired) electrons. The highest BCUT2D eigenvalue weighted by atomic mass is 35.5. The van der Waals surface area contributed by atoms with Crippen molar-refractivity contribution in [3.05, 3.63) is 69.6 Å². The van der Waals surface area contributed by atoms with Crippen molar-refractivity contribution >= 4 is 34.9 Å². The lowest BCUT2D eigenvalue weighted by Crippen LogP contribution is -2.40. The number of carbonyl (C=O) groups excluding carboxylic acids is 2. The van der Waals surface area contributed by atoms with Gasteiger partial charge in [0.2, 0.25) is 0 Å². The number of hydrogen-bond acceptors (Lipinski definition) is 5. The van der Waals surface area contributed by atoms with Crippen LogP contribution in [0.4, 0.5) is 24.7 Å². The maximum Gasteiger partial charge on any atom is 0.417 e. The Labute approximate surface area is 191 Å². The van der Waals surface area contributed by atoms with E-state index in [1.165, 1.54) is 34.1 Å². The average Bonchev–Trinajstić information content (AvgIpc) is 3.14. The Kier molecular flexibility index (Phi) is 5.75. The number of amides is 2. The van der Waals surface area contributed by atoms with Gasteiger partial charge in [-0.05, 0) is 36.2 Å². The monoisotopic (exact) mass is 478 g/mol. The van der Waals surface area contributed by atoms with E-state index < -0.39 is 28.6 Å². The van der Waals surface area contributed by atoms with Crippen LogP contribution >= 0.6 is 11.6 Å². The summed E-state index contributed by atoms with van der Waals surface area (Å²) >= 11 is 5.80. The smallest absolute Gasteiger partial charge is 0.383 e. The van der Waals surface area contributed by atoms with E-state index in [1.807, 2.05) is 0 Å². The van der Waals surface area contributed by atoms with Gasteiger partial charge in [-0.15, -0.1) is 0 Å². The molecule has 0 unspecified atom stereocenters. The first-order valence-corrected chi connectivity index (χ1v) is 10.2. The molecule has 3 N–H and O–H groups in total. The van der Waals surface area contributed by atoms with E-state index in [2.05, 4.69) is 15.4 Å². The topological polar surface area (TPSA) is 106 Å². The van der Waals surface area contributed by atoms with Crippen molar-refractivity contribution in [1.29, 1.82) is 0 Å². The van der Waals surface area contributed by atoms with Crippen molar-refractivity contribution in [3.63, 3.8) is 0 Å². The molecule has 1 aliphatic rings. The first-order chi connectivity index (χ1) is 15.5. The highest BCUT2D eigenvalue weighted by Crippen LogP contribution is 2.35. The first kappa shape index (κ1) is 22.6. The zero-order valence-electron chi connectivity index (χ0n) is 17.3. The van der Waals surface area contributed by atoms with Gasteiger partial charge >= 0.3 is 6.18 Å². The molecule has 0 aliphatic carbocycles. The van der Waals surface area contributed by atoms with Gasteiger partial charge in [0.25, 0.3) is 11.8 Å². The van der Waals surface area contributed by atoms with Gasteiger partial charge < -0.3 is 16.0 Å². The van der Waals surface area contributed by atoms with E-state index in [-0.39, 0.29) is 23.5 Å². The predicted octanol–water partition coefficient (Wildman–Crippen LogP) is 3.75. The van der Waals surface area contributed by atoms with Crippen LogP contribution in [0.15, 0.2) is 36.7 Å². The highest BCUT2D eigenvalue weighted by molar-refractivity contribution is 6.31. The maximum absolute atomic E-state index is 13.1. The maximum atomic E-state index is 13.1. The lowest BCUT2D eigenvalue weighted by Gasteiger charge is -2.28. The Hall–Kier alpha value is -3.60. The summed E-state index contributed by atoms with van der Waals surface area (Å²) in [6, 6.07) is 4.95. The van der Waals surface area contributed by atoms with Crippen LogP contribution in [0.5, 0.6) is 0 Å². The van der Waals surface area contributed by atoms with Gasteiger partial charge in [0, 0.05) is 19.3 Å². The summed E-state index contributed by atoms with van der Waals surface area (Å²) in [5.41, 5.74) is 6.48. The third-order valence-corrected chi connectivity index (χ3v) is 5.57. The normalized spacial score (nSPS) is 13.7. The number of benzene rings is 1. The van der Waals surface area contributed by atoms with Crippen LogP contribution in [-0.2, 0) is 19.3 Å². The summed E-state index contributed by atoms with van der Waals surface area (Å²) in [7, 11) is 0. The minimum Gasteiger partial charge on any atom is -0.383 e. The zero-order valence-corrected chi connectivity index (χ0v) is 18.0. The van der Waals surface area contributed by atoms with Crippen molar-refractivity contribution in [1.82, 2.24) is 19.7 Å². The van der Waals surface area contributed by atoms with Crippen LogP contribution < -0.4 is 11.1 Å². The van der Waals surface area contributed by atoms with Crippen LogP contribution in [-0.4, -0.2) is 38.0 Å². The number of aromatic nitrogens is 3. The summed E-state index contributed by atoms with van der Waals surface area (Å²) in [6.07, 6.45) is -1.86. The van der Waals surface area contributed by atoms with E-state index in [0.29, 0.717) is 30.0 Å². The third-order valence-electron chi connectivity index (χ3n) is 5.25. The molecule has 2 aromatic heterocycles. The van der Waals surface area contributed by atoms with Gasteiger partial charge in [0.15, 0.2) is 0 Å². The van der Waals surface area contributed by atoms with Crippen LogP contribution in [0.25, 0.3) is 0 Å². The van der Waals surface area contributed by atoms with Crippen molar-refractivity contribution in [2.75, 3.05) is 17.6 Å². The fraction of sp³-hybridized carbons (Fsp3) is 0.238. The summed E-state index contributed by atoms with van der Waals surface area (Å²) in [4.78, 5) is 31.2. The molecule has 2 amide bonds. The van der Waals surface area contributed by atoms with E-state index in [1.54, 1.807) is 13.0 Å². The predicted molar refractivity (Wildman–Crippen MR) is 115 cm³/mol. The van der Waals surface area contributed by atoms with Gasteiger partial charge in [-0.3, -0.25) is 14.3 Å². The lowest BCUT2D eigenvalue weighted by molar-refractivity contribution is -0.137. The quantitative estimate of drug-likeness (QED) is 0.594. The second kappa shape index (κ2) is 8.39. The Morgan fingerprint density at radius 2 is 2.00 bits per heavy atom. The number of nitrogens with two attached hydrogens (primary N) is 1. The number of alkyl halides is 3. The minimum atomic E-state index is -4.56. The van der Waals surface area contributed by atoms with Gasteiger partial charge in [0.05, 0.1) is 34.6 Å². The number of carbonyl (C=O) groups is 2. The number of nitrogens with one attached hydrogen (secondary N) is 1. The number of hydrogen-bond donors (Lipinski definition) is 2. The molecular formula is C21H18ClF3N6O2. The molecule has 0 saturated carbocycles. The number of aryl methyl sites for hydroxylation is 1. The van der Waals surface area contributed by atoms with Crippen molar-refractivity contribution in [2.24, 2.45) is 0 Å². The lowest BCUT2D eigenvalue weighted by atomic mass is 10.1. The van der Waals surface area contributed by atoms with Crippen molar-refractivity contribution < 1.29 is 22.8 Å².